The van der Waals surface area contributed by atoms with Gasteiger partial charge in [0.05, 0.1) is 5.56 Å². The summed E-state index contributed by atoms with van der Waals surface area (Å²) < 4.78 is 27.4. The summed E-state index contributed by atoms with van der Waals surface area (Å²) in [7, 11) is -3.97. The third kappa shape index (κ3) is 4.65. The average molecular weight is 337 g/mol. The number of amides is 1. The molecule has 23 heavy (non-hydrogen) atoms. The molecule has 1 amide bonds. The highest BCUT2D eigenvalue weighted by Gasteiger charge is 2.21. The molecular weight excluding hydrogens is 318 g/mol. The van der Waals surface area contributed by atoms with E-state index >= 15 is 0 Å². The van der Waals surface area contributed by atoms with Crippen LogP contribution in [0.5, 0.6) is 0 Å². The zero-order valence-electron chi connectivity index (χ0n) is 12.5. The Morgan fingerprint density at radius 2 is 1.91 bits per heavy atom. The van der Waals surface area contributed by atoms with E-state index in [1.54, 1.807) is 4.90 Å². The Labute approximate surface area is 134 Å². The molecule has 0 aliphatic heterocycles. The van der Waals surface area contributed by atoms with Gasteiger partial charge in [0.15, 0.2) is 0 Å². The Hall–Kier alpha value is -2.16. The molecule has 1 aromatic heterocycles. The molecule has 0 aliphatic carbocycles. The maximum atomic E-state index is 12.6. The highest BCUT2D eigenvalue weighted by Crippen LogP contribution is 2.16. The van der Waals surface area contributed by atoms with Crippen LogP contribution in [0.25, 0.3) is 0 Å². The number of furan rings is 1. The fraction of sp³-hybridized carbons (Fsp3) is 0.267. The topological polar surface area (TPSA) is 120 Å². The lowest BCUT2D eigenvalue weighted by Crippen LogP contribution is -2.32. The van der Waals surface area contributed by atoms with Crippen molar-refractivity contribution in [3.8, 4) is 0 Å². The minimum Gasteiger partial charge on any atom is -0.451 e. The lowest BCUT2D eigenvalue weighted by Gasteiger charge is -2.22. The van der Waals surface area contributed by atoms with Crippen LogP contribution < -0.4 is 10.9 Å². The van der Waals surface area contributed by atoms with Crippen molar-refractivity contribution in [2.75, 3.05) is 13.1 Å². The number of sulfonamides is 1. The molecular formula is C15H19N3O4S. The predicted molar refractivity (Wildman–Crippen MR) is 84.9 cm³/mol. The first-order valence-electron chi connectivity index (χ1n) is 7.06. The van der Waals surface area contributed by atoms with E-state index in [2.05, 4.69) is 0 Å². The molecule has 0 unspecified atom stereocenters. The molecule has 0 bridgehead atoms. The van der Waals surface area contributed by atoms with Gasteiger partial charge >= 0.3 is 0 Å². The van der Waals surface area contributed by atoms with Crippen LogP contribution in [0.15, 0.2) is 52.2 Å². The van der Waals surface area contributed by atoms with E-state index < -0.39 is 15.1 Å². The van der Waals surface area contributed by atoms with Crippen LogP contribution in [-0.2, 0) is 16.6 Å². The lowest BCUT2D eigenvalue weighted by molar-refractivity contribution is 0.0741. The summed E-state index contributed by atoms with van der Waals surface area (Å²) in [6.45, 7) is 1.31. The summed E-state index contributed by atoms with van der Waals surface area (Å²) in [6.07, 6.45) is 1.74. The molecule has 8 heteroatoms. The number of carbonyl (C=O) groups excluding carboxylic acids is 1. The van der Waals surface area contributed by atoms with Crippen LogP contribution in [0.3, 0.4) is 0 Å². The molecule has 0 aliphatic rings. The summed E-state index contributed by atoms with van der Waals surface area (Å²) in [5.41, 5.74) is 6.62. The van der Waals surface area contributed by atoms with Gasteiger partial charge in [-0.25, -0.2) is 13.6 Å². The molecule has 1 aromatic carbocycles. The quantitative estimate of drug-likeness (QED) is 0.778. The number of primary sulfonamides is 1. The van der Waals surface area contributed by atoms with Crippen molar-refractivity contribution in [2.45, 2.75) is 18.1 Å². The number of hydrogen-bond donors (Lipinski definition) is 2. The maximum Gasteiger partial charge on any atom is 0.271 e. The molecule has 0 saturated heterocycles. The molecule has 0 fully saturated rings. The van der Waals surface area contributed by atoms with Gasteiger partial charge < -0.3 is 15.1 Å². The van der Waals surface area contributed by atoms with Gasteiger partial charge in [-0.3, -0.25) is 4.79 Å². The van der Waals surface area contributed by atoms with Crippen molar-refractivity contribution in [3.63, 3.8) is 0 Å². The number of nitrogens with two attached hydrogens (primary N) is 2. The fourth-order valence-corrected chi connectivity index (χ4v) is 2.57. The predicted octanol–water partition coefficient (Wildman–Crippen LogP) is 0.918. The highest BCUT2D eigenvalue weighted by atomic mass is 32.2. The fourth-order valence-electron chi connectivity index (χ4n) is 2.10. The molecule has 124 valence electrons. The highest BCUT2D eigenvalue weighted by molar-refractivity contribution is 7.89. The smallest absolute Gasteiger partial charge is 0.271 e. The van der Waals surface area contributed by atoms with Crippen LogP contribution in [0.2, 0.25) is 0 Å². The third-order valence-corrected chi connectivity index (χ3v) is 4.01. The number of carbonyl (C=O) groups is 1. The van der Waals surface area contributed by atoms with Gasteiger partial charge in [-0.05, 0) is 18.5 Å². The van der Waals surface area contributed by atoms with Crippen molar-refractivity contribution >= 4 is 15.9 Å². The molecule has 7 nitrogen and oxygen atoms in total. The molecule has 0 spiro atoms. The number of nitrogens with zero attached hydrogens (tertiary/aromatic N) is 1. The summed E-state index contributed by atoms with van der Waals surface area (Å²) >= 11 is 0. The van der Waals surface area contributed by atoms with Crippen LogP contribution >= 0.6 is 0 Å². The van der Waals surface area contributed by atoms with E-state index in [9.17, 15) is 13.2 Å². The number of benzene rings is 1. The average Bonchev–Trinajstić information content (AvgIpc) is 3.02. The van der Waals surface area contributed by atoms with E-state index in [-0.39, 0.29) is 11.5 Å². The van der Waals surface area contributed by atoms with Crippen LogP contribution in [0.1, 0.15) is 22.3 Å². The molecule has 2 aromatic rings. The van der Waals surface area contributed by atoms with Crippen LogP contribution in [0, 0.1) is 0 Å². The molecule has 1 heterocycles. The Balaban J connectivity index is 2.20. The van der Waals surface area contributed by atoms with E-state index in [1.165, 1.54) is 0 Å². The Bertz CT molecular complexity index is 756. The molecule has 0 atom stereocenters. The van der Waals surface area contributed by atoms with Gasteiger partial charge in [0.2, 0.25) is 5.09 Å². The summed E-state index contributed by atoms with van der Waals surface area (Å²) in [5.74, 6) is -0.332. The van der Waals surface area contributed by atoms with Crippen molar-refractivity contribution < 1.29 is 17.6 Å². The van der Waals surface area contributed by atoms with Gasteiger partial charge in [0.25, 0.3) is 15.9 Å². The lowest BCUT2D eigenvalue weighted by atomic mass is 10.2. The summed E-state index contributed by atoms with van der Waals surface area (Å²) in [4.78, 5) is 14.2. The van der Waals surface area contributed by atoms with Gasteiger partial charge in [-0.2, -0.15) is 0 Å². The first-order valence-corrected chi connectivity index (χ1v) is 8.61. The van der Waals surface area contributed by atoms with E-state index in [0.29, 0.717) is 26.1 Å². The standard InChI is InChI=1S/C15H19N3O4S/c16-7-4-8-18(10-12-5-2-1-3-6-12)15(19)13-9-14(22-11-13)23(17,20)21/h1-3,5-6,9,11H,4,7-8,10,16H2,(H2,17,20,21). The number of rotatable bonds is 7. The minimum atomic E-state index is -3.97. The molecule has 2 rings (SSSR count). The normalized spacial score (nSPS) is 11.4. The maximum absolute atomic E-state index is 12.6. The van der Waals surface area contributed by atoms with Gasteiger partial charge in [-0.15, -0.1) is 0 Å². The molecule has 0 radical (unpaired) electrons. The third-order valence-electron chi connectivity index (χ3n) is 3.24. The zero-order chi connectivity index (χ0) is 16.9. The van der Waals surface area contributed by atoms with E-state index in [1.807, 2.05) is 30.3 Å². The largest absolute Gasteiger partial charge is 0.451 e. The Kier molecular flexibility index (Phi) is 5.54. The van der Waals surface area contributed by atoms with Crippen molar-refractivity contribution in [1.82, 2.24) is 4.90 Å². The first kappa shape index (κ1) is 17.2. The van der Waals surface area contributed by atoms with E-state index in [0.717, 1.165) is 17.9 Å². The Morgan fingerprint density at radius 3 is 2.48 bits per heavy atom. The summed E-state index contributed by atoms with van der Waals surface area (Å²) in [5, 5.41) is 4.56. The molecule has 0 saturated carbocycles. The zero-order valence-corrected chi connectivity index (χ0v) is 13.3. The van der Waals surface area contributed by atoms with Gasteiger partial charge in [-0.1, -0.05) is 30.3 Å². The van der Waals surface area contributed by atoms with Crippen LogP contribution in [0.4, 0.5) is 0 Å². The Morgan fingerprint density at radius 1 is 1.22 bits per heavy atom. The van der Waals surface area contributed by atoms with Crippen molar-refractivity contribution in [1.29, 1.82) is 0 Å². The van der Waals surface area contributed by atoms with E-state index in [4.69, 9.17) is 15.3 Å². The van der Waals surface area contributed by atoms with Gasteiger partial charge in [0.1, 0.15) is 6.26 Å². The second kappa shape index (κ2) is 7.40. The van der Waals surface area contributed by atoms with Crippen LogP contribution in [-0.4, -0.2) is 32.3 Å². The monoisotopic (exact) mass is 337 g/mol. The van der Waals surface area contributed by atoms with Gasteiger partial charge in [0, 0.05) is 19.2 Å². The summed E-state index contributed by atoms with van der Waals surface area (Å²) in [6, 6.07) is 10.6. The molecule has 4 N–H and O–H groups in total. The van der Waals surface area contributed by atoms with Crippen molar-refractivity contribution in [2.24, 2.45) is 10.9 Å². The SMILES string of the molecule is NCCCN(Cc1ccccc1)C(=O)c1coc(S(N)(=O)=O)c1. The first-order chi connectivity index (χ1) is 10.9. The minimum absolute atomic E-state index is 0.141. The second-order valence-electron chi connectivity index (χ2n) is 5.05. The second-order valence-corrected chi connectivity index (χ2v) is 6.55. The number of hydrogen-bond acceptors (Lipinski definition) is 5. The van der Waals surface area contributed by atoms with Crippen molar-refractivity contribution in [3.05, 3.63) is 53.8 Å².